The molecule has 8 heteroatoms. The van der Waals surface area contributed by atoms with Gasteiger partial charge in [0.25, 0.3) is 0 Å². The van der Waals surface area contributed by atoms with Crippen LogP contribution in [0.1, 0.15) is 18.0 Å². The monoisotopic (exact) mass is 436 g/mol. The van der Waals surface area contributed by atoms with E-state index in [2.05, 4.69) is 77.3 Å². The van der Waals surface area contributed by atoms with Crippen LogP contribution < -0.4 is 10.2 Å². The van der Waals surface area contributed by atoms with Gasteiger partial charge >= 0.3 is 0 Å². The Morgan fingerprint density at radius 3 is 2.47 bits per heavy atom. The first-order valence-corrected chi connectivity index (χ1v) is 11.7. The van der Waals surface area contributed by atoms with Crippen molar-refractivity contribution in [3.8, 4) is 0 Å². The Labute approximate surface area is 192 Å². The first-order chi connectivity index (χ1) is 15.7. The van der Waals surface area contributed by atoms with Crippen molar-refractivity contribution in [1.29, 1.82) is 0 Å². The molecule has 0 amide bonds. The average molecular weight is 437 g/mol. The molecule has 2 aromatic rings. The summed E-state index contributed by atoms with van der Waals surface area (Å²) in [6.07, 6.45) is 4.71. The maximum atomic E-state index is 4.53. The maximum absolute atomic E-state index is 4.53. The summed E-state index contributed by atoms with van der Waals surface area (Å²) in [4.78, 5) is 22.9. The molecule has 3 heterocycles. The quantitative estimate of drug-likeness (QED) is 0.419. The number of aliphatic imine (C=N–C) groups is 1. The van der Waals surface area contributed by atoms with Crippen LogP contribution in [0.15, 0.2) is 53.8 Å². The molecule has 0 spiro atoms. The number of likely N-dealkylation sites (N-methyl/N-ethyl adjacent to an activating group) is 1. The molecule has 32 heavy (non-hydrogen) atoms. The predicted molar refractivity (Wildman–Crippen MR) is 130 cm³/mol. The average Bonchev–Trinajstić information content (AvgIpc) is 2.86. The molecule has 0 aliphatic carbocycles. The van der Waals surface area contributed by atoms with Crippen molar-refractivity contribution in [2.24, 2.45) is 4.99 Å². The fourth-order valence-electron chi connectivity index (χ4n) is 4.60. The topological polar surface area (TPSA) is 63.1 Å². The third kappa shape index (κ3) is 5.75. The van der Waals surface area contributed by atoms with E-state index in [9.17, 15) is 0 Å². The molecule has 2 aliphatic heterocycles. The molecule has 2 saturated heterocycles. The van der Waals surface area contributed by atoms with E-state index in [1.165, 1.54) is 5.56 Å². The van der Waals surface area contributed by atoms with Gasteiger partial charge in [0, 0.05) is 84.4 Å². The molecule has 4 rings (SSSR count). The minimum atomic E-state index is 0.475. The zero-order valence-electron chi connectivity index (χ0n) is 19.4. The number of nitrogens with one attached hydrogen (secondary N) is 1. The molecule has 172 valence electrons. The number of aromatic nitrogens is 2. The van der Waals surface area contributed by atoms with Gasteiger partial charge in [-0.25, -0.2) is 9.97 Å². The first kappa shape index (κ1) is 22.5. The molecular formula is C24H36N8. The Bertz CT molecular complexity index is 836. The van der Waals surface area contributed by atoms with Gasteiger partial charge in [0.05, 0.1) is 0 Å². The van der Waals surface area contributed by atoms with Crippen molar-refractivity contribution >= 4 is 11.9 Å². The second-order valence-electron chi connectivity index (χ2n) is 8.58. The molecule has 2 fully saturated rings. The van der Waals surface area contributed by atoms with E-state index in [0.29, 0.717) is 6.04 Å². The van der Waals surface area contributed by atoms with Crippen molar-refractivity contribution in [3.63, 3.8) is 0 Å². The summed E-state index contributed by atoms with van der Waals surface area (Å²) >= 11 is 0. The number of hydrogen-bond donors (Lipinski definition) is 1. The normalized spacial score (nSPS) is 21.1. The Morgan fingerprint density at radius 2 is 1.75 bits per heavy atom. The van der Waals surface area contributed by atoms with E-state index in [1.54, 1.807) is 12.4 Å². The fourth-order valence-corrected chi connectivity index (χ4v) is 4.60. The lowest BCUT2D eigenvalue weighted by molar-refractivity contribution is 0.0891. The van der Waals surface area contributed by atoms with E-state index < -0.39 is 0 Å². The number of hydrogen-bond acceptors (Lipinski definition) is 6. The zero-order chi connectivity index (χ0) is 22.2. The summed E-state index contributed by atoms with van der Waals surface area (Å²) in [6.45, 7) is 9.03. The minimum Gasteiger partial charge on any atom is -0.356 e. The largest absolute Gasteiger partial charge is 0.356 e. The van der Waals surface area contributed by atoms with Gasteiger partial charge in [0.2, 0.25) is 5.95 Å². The van der Waals surface area contributed by atoms with Gasteiger partial charge in [-0.2, -0.15) is 0 Å². The Morgan fingerprint density at radius 1 is 1.00 bits per heavy atom. The number of anilines is 1. The van der Waals surface area contributed by atoms with Gasteiger partial charge < -0.3 is 20.0 Å². The molecule has 1 atom stereocenters. The van der Waals surface area contributed by atoms with Crippen LogP contribution in [0.3, 0.4) is 0 Å². The van der Waals surface area contributed by atoms with Crippen LogP contribution in [0.2, 0.25) is 0 Å². The number of guanidine groups is 1. The third-order valence-corrected chi connectivity index (χ3v) is 6.41. The van der Waals surface area contributed by atoms with Crippen molar-refractivity contribution in [3.05, 3.63) is 54.4 Å². The van der Waals surface area contributed by atoms with E-state index in [1.807, 2.05) is 13.1 Å². The maximum Gasteiger partial charge on any atom is 0.225 e. The lowest BCUT2D eigenvalue weighted by atomic mass is 10.0. The molecule has 0 radical (unpaired) electrons. The summed E-state index contributed by atoms with van der Waals surface area (Å²) in [6, 6.07) is 13.3. The van der Waals surface area contributed by atoms with Crippen LogP contribution in [-0.2, 0) is 0 Å². The highest BCUT2D eigenvalue weighted by Gasteiger charge is 2.26. The highest BCUT2D eigenvalue weighted by atomic mass is 15.4. The molecule has 0 saturated carbocycles. The van der Waals surface area contributed by atoms with E-state index in [-0.39, 0.29) is 0 Å². The summed E-state index contributed by atoms with van der Waals surface area (Å²) < 4.78 is 0. The van der Waals surface area contributed by atoms with Crippen LogP contribution in [0.5, 0.6) is 0 Å². The van der Waals surface area contributed by atoms with Gasteiger partial charge in [-0.05, 0) is 25.1 Å². The second-order valence-corrected chi connectivity index (χ2v) is 8.58. The molecule has 1 unspecified atom stereocenters. The van der Waals surface area contributed by atoms with E-state index >= 15 is 0 Å². The lowest BCUT2D eigenvalue weighted by Crippen LogP contribution is -2.53. The van der Waals surface area contributed by atoms with Gasteiger partial charge in [0.15, 0.2) is 5.96 Å². The first-order valence-electron chi connectivity index (χ1n) is 11.7. The number of benzene rings is 1. The van der Waals surface area contributed by atoms with Gasteiger partial charge in [-0.15, -0.1) is 0 Å². The summed E-state index contributed by atoms with van der Waals surface area (Å²) in [5, 5.41) is 3.59. The van der Waals surface area contributed by atoms with Crippen LogP contribution >= 0.6 is 0 Å². The molecule has 1 aromatic carbocycles. The Balaban J connectivity index is 1.23. The second kappa shape index (κ2) is 11.2. The molecule has 8 nitrogen and oxygen atoms in total. The highest BCUT2D eigenvalue weighted by Crippen LogP contribution is 2.24. The standard InChI is InChI=1S/C24H36N8/c1-25-23(31-16-18-32(19-17-31)24-27-10-6-11-28-24)26-12-7-13-30-15-14-29(2)20-22(30)21-8-4-3-5-9-21/h3-6,8-11,22H,7,12-20H2,1-2H3,(H,25,26). The smallest absolute Gasteiger partial charge is 0.225 e. The highest BCUT2D eigenvalue weighted by molar-refractivity contribution is 5.80. The van der Waals surface area contributed by atoms with Crippen molar-refractivity contribution < 1.29 is 0 Å². The van der Waals surface area contributed by atoms with Crippen LogP contribution in [0, 0.1) is 0 Å². The zero-order valence-corrected chi connectivity index (χ0v) is 19.4. The lowest BCUT2D eigenvalue weighted by Gasteiger charge is -2.40. The van der Waals surface area contributed by atoms with Crippen molar-refractivity contribution in [2.45, 2.75) is 12.5 Å². The van der Waals surface area contributed by atoms with Crippen molar-refractivity contribution in [2.75, 3.05) is 77.9 Å². The minimum absolute atomic E-state index is 0.475. The SMILES string of the molecule is CN=C(NCCCN1CCN(C)CC1c1ccccc1)N1CCN(c2ncccn2)CC1. The summed E-state index contributed by atoms with van der Waals surface area (Å²) in [5.74, 6) is 1.81. The van der Waals surface area contributed by atoms with Crippen LogP contribution in [-0.4, -0.2) is 104 Å². The van der Waals surface area contributed by atoms with Crippen LogP contribution in [0.4, 0.5) is 5.95 Å². The number of nitrogens with zero attached hydrogens (tertiary/aromatic N) is 7. The molecular weight excluding hydrogens is 400 g/mol. The van der Waals surface area contributed by atoms with Crippen molar-refractivity contribution in [1.82, 2.24) is 30.0 Å². The molecule has 1 N–H and O–H groups in total. The van der Waals surface area contributed by atoms with Gasteiger partial charge in [-0.1, -0.05) is 30.3 Å². The predicted octanol–water partition coefficient (Wildman–Crippen LogP) is 1.55. The van der Waals surface area contributed by atoms with Gasteiger partial charge in [0.1, 0.15) is 0 Å². The number of rotatable bonds is 6. The summed E-state index contributed by atoms with van der Waals surface area (Å²) in [7, 11) is 4.10. The fraction of sp³-hybridized carbons (Fsp3) is 0.542. The van der Waals surface area contributed by atoms with E-state index in [4.69, 9.17) is 0 Å². The summed E-state index contributed by atoms with van der Waals surface area (Å²) in [5.41, 5.74) is 1.42. The molecule has 0 bridgehead atoms. The Hall–Kier alpha value is -2.71. The Kier molecular flexibility index (Phi) is 7.90. The molecule has 2 aliphatic rings. The molecule has 1 aromatic heterocycles. The third-order valence-electron chi connectivity index (χ3n) is 6.41. The van der Waals surface area contributed by atoms with Crippen LogP contribution in [0.25, 0.3) is 0 Å². The van der Waals surface area contributed by atoms with E-state index in [0.717, 1.165) is 77.2 Å². The van der Waals surface area contributed by atoms with Gasteiger partial charge in [-0.3, -0.25) is 9.89 Å². The number of piperazine rings is 2.